The predicted molar refractivity (Wildman–Crippen MR) is 69.4 cm³/mol. The van der Waals surface area contributed by atoms with Crippen LogP contribution < -0.4 is 5.32 Å². The minimum atomic E-state index is -1.12. The van der Waals surface area contributed by atoms with E-state index in [0.29, 0.717) is 5.69 Å². The van der Waals surface area contributed by atoms with Crippen LogP contribution in [0.5, 0.6) is 0 Å². The first-order chi connectivity index (χ1) is 8.08. The average molecular weight is 257 g/mol. The molecule has 0 amide bonds. The second-order valence-corrected chi connectivity index (χ2v) is 4.62. The first kappa shape index (κ1) is 13.8. The van der Waals surface area contributed by atoms with Gasteiger partial charge in [0.1, 0.15) is 5.82 Å². The molecule has 1 rings (SSSR count). The minimum absolute atomic E-state index is 0.0361. The van der Waals surface area contributed by atoms with E-state index in [-0.39, 0.29) is 11.6 Å². The molecule has 0 heterocycles. The number of carboxylic acid groups (broad SMARTS) is 1. The monoisotopic (exact) mass is 257 g/mol. The first-order valence-electron chi connectivity index (χ1n) is 5.36. The van der Waals surface area contributed by atoms with Crippen molar-refractivity contribution in [1.29, 1.82) is 0 Å². The fraction of sp³-hybridized carbons (Fsp3) is 0.417. The maximum absolute atomic E-state index is 13.6. The summed E-state index contributed by atoms with van der Waals surface area (Å²) in [4.78, 5) is 10.7. The summed E-state index contributed by atoms with van der Waals surface area (Å²) in [5.74, 6) is -0.757. The minimum Gasteiger partial charge on any atom is -0.478 e. The predicted octanol–water partition coefficient (Wildman–Crippen LogP) is 3.08. The van der Waals surface area contributed by atoms with Crippen LogP contribution in [-0.2, 0) is 0 Å². The van der Waals surface area contributed by atoms with Crippen LogP contribution in [0.3, 0.4) is 0 Å². The molecule has 1 aromatic rings. The number of nitrogens with one attached hydrogen (secondary N) is 1. The second kappa shape index (κ2) is 6.49. The van der Waals surface area contributed by atoms with E-state index >= 15 is 0 Å². The third-order valence-corrected chi connectivity index (χ3v) is 3.17. The van der Waals surface area contributed by atoms with Crippen molar-refractivity contribution < 1.29 is 14.3 Å². The van der Waals surface area contributed by atoms with Gasteiger partial charge in [-0.1, -0.05) is 6.92 Å². The lowest BCUT2D eigenvalue weighted by molar-refractivity contribution is 0.0696. The van der Waals surface area contributed by atoms with Gasteiger partial charge in [-0.05, 0) is 30.9 Å². The molecule has 0 aliphatic carbocycles. The number of hydrogen-bond acceptors (Lipinski definition) is 3. The van der Waals surface area contributed by atoms with E-state index in [1.165, 1.54) is 12.1 Å². The smallest absolute Gasteiger partial charge is 0.335 e. The Morgan fingerprint density at radius 3 is 2.76 bits per heavy atom. The third-order valence-electron chi connectivity index (χ3n) is 2.44. The summed E-state index contributed by atoms with van der Waals surface area (Å²) < 4.78 is 13.6. The van der Waals surface area contributed by atoms with Crippen LogP contribution in [0.25, 0.3) is 0 Å². The van der Waals surface area contributed by atoms with Gasteiger partial charge in [0.25, 0.3) is 0 Å². The molecular weight excluding hydrogens is 241 g/mol. The fourth-order valence-corrected chi connectivity index (χ4v) is 2.17. The van der Waals surface area contributed by atoms with Crippen molar-refractivity contribution in [2.24, 2.45) is 0 Å². The number of carboxylic acids is 1. The van der Waals surface area contributed by atoms with Gasteiger partial charge < -0.3 is 10.4 Å². The molecule has 0 aliphatic rings. The number of carbonyl (C=O) groups is 1. The summed E-state index contributed by atoms with van der Waals surface area (Å²) in [6, 6.07) is 4.10. The highest BCUT2D eigenvalue weighted by molar-refractivity contribution is 7.98. The number of hydrogen-bond donors (Lipinski definition) is 2. The SMILES string of the molecule is CCC(CSC)Nc1ccc(C(=O)O)cc1F. The van der Waals surface area contributed by atoms with Crippen LogP contribution >= 0.6 is 11.8 Å². The molecule has 0 fully saturated rings. The van der Waals surface area contributed by atoms with Crippen LogP contribution in [0.15, 0.2) is 18.2 Å². The molecule has 1 unspecified atom stereocenters. The summed E-state index contributed by atoms with van der Waals surface area (Å²) >= 11 is 1.69. The van der Waals surface area contributed by atoms with E-state index in [1.807, 2.05) is 13.2 Å². The topological polar surface area (TPSA) is 49.3 Å². The number of aromatic carboxylic acids is 1. The molecule has 1 atom stereocenters. The summed E-state index contributed by atoms with van der Waals surface area (Å²) in [5, 5.41) is 11.8. The molecule has 17 heavy (non-hydrogen) atoms. The average Bonchev–Trinajstić information content (AvgIpc) is 2.30. The lowest BCUT2D eigenvalue weighted by atomic mass is 10.1. The lowest BCUT2D eigenvalue weighted by Gasteiger charge is -2.17. The molecule has 0 aromatic heterocycles. The molecule has 0 radical (unpaired) electrons. The molecule has 0 saturated carbocycles. The third kappa shape index (κ3) is 3.93. The van der Waals surface area contributed by atoms with Gasteiger partial charge in [0.05, 0.1) is 11.3 Å². The van der Waals surface area contributed by atoms with E-state index in [4.69, 9.17) is 5.11 Å². The Bertz CT molecular complexity index is 398. The highest BCUT2D eigenvalue weighted by Crippen LogP contribution is 2.18. The number of anilines is 1. The standard InChI is InChI=1S/C12H16FNO2S/c1-3-9(7-17-2)14-11-5-4-8(12(15)16)6-10(11)13/h4-6,9,14H,3,7H2,1-2H3,(H,15,16). The fourth-order valence-electron chi connectivity index (χ4n) is 1.45. The number of rotatable bonds is 6. The highest BCUT2D eigenvalue weighted by atomic mass is 32.2. The van der Waals surface area contributed by atoms with Crippen LogP contribution in [0.4, 0.5) is 10.1 Å². The van der Waals surface area contributed by atoms with Gasteiger partial charge in [-0.15, -0.1) is 0 Å². The van der Waals surface area contributed by atoms with Gasteiger partial charge in [0.15, 0.2) is 0 Å². The van der Waals surface area contributed by atoms with Gasteiger partial charge >= 0.3 is 5.97 Å². The normalized spacial score (nSPS) is 12.2. The summed E-state index contributed by atoms with van der Waals surface area (Å²) in [7, 11) is 0. The molecule has 0 bridgehead atoms. The Balaban J connectivity index is 2.81. The van der Waals surface area contributed by atoms with Crippen LogP contribution in [0, 0.1) is 5.82 Å². The molecule has 5 heteroatoms. The Hall–Kier alpha value is -1.23. The highest BCUT2D eigenvalue weighted by Gasteiger charge is 2.11. The number of thioether (sulfide) groups is 1. The Labute approximate surface area is 104 Å². The maximum atomic E-state index is 13.6. The number of halogens is 1. The molecule has 2 N–H and O–H groups in total. The summed E-state index contributed by atoms with van der Waals surface area (Å²) in [5.41, 5.74) is 0.321. The van der Waals surface area contributed by atoms with Crippen LogP contribution in [0.1, 0.15) is 23.7 Å². The Kier molecular flexibility index (Phi) is 5.28. The van der Waals surface area contributed by atoms with Crippen LogP contribution in [0.2, 0.25) is 0 Å². The van der Waals surface area contributed by atoms with Gasteiger partial charge in [-0.2, -0.15) is 11.8 Å². The molecular formula is C12H16FNO2S. The second-order valence-electron chi connectivity index (χ2n) is 3.70. The molecule has 94 valence electrons. The molecule has 0 aliphatic heterocycles. The van der Waals surface area contributed by atoms with Gasteiger partial charge in [0, 0.05) is 11.8 Å². The Morgan fingerprint density at radius 1 is 1.59 bits per heavy atom. The molecule has 0 spiro atoms. The maximum Gasteiger partial charge on any atom is 0.335 e. The largest absolute Gasteiger partial charge is 0.478 e. The quantitative estimate of drug-likeness (QED) is 0.822. The molecule has 3 nitrogen and oxygen atoms in total. The van der Waals surface area contributed by atoms with Gasteiger partial charge in [0.2, 0.25) is 0 Å². The van der Waals surface area contributed by atoms with Crippen molar-refractivity contribution >= 4 is 23.4 Å². The van der Waals surface area contributed by atoms with Crippen molar-refractivity contribution in [1.82, 2.24) is 0 Å². The Morgan fingerprint density at radius 2 is 2.29 bits per heavy atom. The summed E-state index contributed by atoms with van der Waals surface area (Å²) in [6.07, 6.45) is 2.88. The van der Waals surface area contributed by atoms with Crippen molar-refractivity contribution in [3.8, 4) is 0 Å². The molecule has 1 aromatic carbocycles. The molecule has 0 saturated heterocycles. The van der Waals surface area contributed by atoms with E-state index in [1.54, 1.807) is 11.8 Å². The zero-order valence-corrected chi connectivity index (χ0v) is 10.7. The first-order valence-corrected chi connectivity index (χ1v) is 6.76. The van der Waals surface area contributed by atoms with E-state index in [9.17, 15) is 9.18 Å². The van der Waals surface area contributed by atoms with Crippen molar-refractivity contribution in [3.05, 3.63) is 29.6 Å². The van der Waals surface area contributed by atoms with Crippen molar-refractivity contribution in [3.63, 3.8) is 0 Å². The van der Waals surface area contributed by atoms with Gasteiger partial charge in [-0.3, -0.25) is 0 Å². The number of benzene rings is 1. The van der Waals surface area contributed by atoms with Gasteiger partial charge in [-0.25, -0.2) is 9.18 Å². The van der Waals surface area contributed by atoms with Crippen molar-refractivity contribution in [2.45, 2.75) is 19.4 Å². The lowest BCUT2D eigenvalue weighted by Crippen LogP contribution is -2.21. The van der Waals surface area contributed by atoms with Crippen molar-refractivity contribution in [2.75, 3.05) is 17.3 Å². The zero-order chi connectivity index (χ0) is 12.8. The van der Waals surface area contributed by atoms with E-state index < -0.39 is 11.8 Å². The summed E-state index contributed by atoms with van der Waals surface area (Å²) in [6.45, 7) is 2.03. The zero-order valence-electron chi connectivity index (χ0n) is 9.87. The van der Waals surface area contributed by atoms with Crippen LogP contribution in [-0.4, -0.2) is 29.1 Å². The van der Waals surface area contributed by atoms with E-state index in [0.717, 1.165) is 18.2 Å². The van der Waals surface area contributed by atoms with E-state index in [2.05, 4.69) is 5.32 Å².